The van der Waals surface area contributed by atoms with Crippen LogP contribution in [-0.2, 0) is 0 Å². The molecule has 1 radical (unpaired) electrons. The summed E-state index contributed by atoms with van der Waals surface area (Å²) in [6.07, 6.45) is 0. The smallest absolute Gasteiger partial charge is 0.0207 e. The Bertz CT molecular complexity index is 216. The highest BCUT2D eigenvalue weighted by molar-refractivity contribution is 9.10. The molecular weight excluding hydrogens is 176 g/mol. The Balaban J connectivity index is 3.17. The molecule has 1 aromatic rings. The highest BCUT2D eigenvalue weighted by Gasteiger charge is 1.90. The van der Waals surface area contributed by atoms with Crippen LogP contribution in [0.25, 0.3) is 0 Å². The zero-order valence-electron chi connectivity index (χ0n) is 5.32. The van der Waals surface area contributed by atoms with Gasteiger partial charge in [-0.15, -0.1) is 0 Å². The molecule has 1 heteroatoms. The third kappa shape index (κ3) is 1.55. The van der Waals surface area contributed by atoms with Crippen molar-refractivity contribution in [1.82, 2.24) is 0 Å². The second-order valence-electron chi connectivity index (χ2n) is 2.09. The number of benzene rings is 1. The molecule has 1 rings (SSSR count). The summed E-state index contributed by atoms with van der Waals surface area (Å²) < 4.78 is 1.08. The van der Waals surface area contributed by atoms with Crippen LogP contribution < -0.4 is 0 Å². The van der Waals surface area contributed by atoms with Crippen molar-refractivity contribution in [3.05, 3.63) is 40.7 Å². The second kappa shape index (κ2) is 2.53. The molecule has 0 nitrogen and oxygen atoms in total. The van der Waals surface area contributed by atoms with Crippen molar-refractivity contribution >= 4 is 15.9 Å². The molecule has 0 saturated carbocycles. The van der Waals surface area contributed by atoms with Crippen LogP contribution in [0.1, 0.15) is 11.1 Å². The summed E-state index contributed by atoms with van der Waals surface area (Å²) in [6, 6.07) is 6.11. The van der Waals surface area contributed by atoms with E-state index in [1.165, 1.54) is 5.56 Å². The summed E-state index contributed by atoms with van der Waals surface area (Å²) in [5.74, 6) is 0. The van der Waals surface area contributed by atoms with Gasteiger partial charge in [-0.1, -0.05) is 33.6 Å². The van der Waals surface area contributed by atoms with Gasteiger partial charge in [0.15, 0.2) is 0 Å². The Morgan fingerprint density at radius 3 is 2.56 bits per heavy atom. The summed E-state index contributed by atoms with van der Waals surface area (Å²) in [7, 11) is 0. The van der Waals surface area contributed by atoms with Gasteiger partial charge in [0.2, 0.25) is 0 Å². The predicted octanol–water partition coefficient (Wildman–Crippen LogP) is 2.94. The first-order valence-corrected chi connectivity index (χ1v) is 3.57. The standard InChI is InChI=1S/C8H8Br/c1-6-3-4-8(9)7(2)5-6/h3-5H,2H2,1H3. The topological polar surface area (TPSA) is 0 Å². The van der Waals surface area contributed by atoms with Gasteiger partial charge in [-0.25, -0.2) is 0 Å². The van der Waals surface area contributed by atoms with Crippen LogP contribution in [0.4, 0.5) is 0 Å². The highest BCUT2D eigenvalue weighted by Crippen LogP contribution is 2.15. The third-order valence-electron chi connectivity index (χ3n) is 1.20. The summed E-state index contributed by atoms with van der Waals surface area (Å²) in [5.41, 5.74) is 2.30. The van der Waals surface area contributed by atoms with Gasteiger partial charge in [0.1, 0.15) is 0 Å². The molecule has 0 spiro atoms. The molecule has 0 unspecified atom stereocenters. The van der Waals surface area contributed by atoms with E-state index < -0.39 is 0 Å². The van der Waals surface area contributed by atoms with Gasteiger partial charge in [0, 0.05) is 4.47 Å². The van der Waals surface area contributed by atoms with E-state index in [-0.39, 0.29) is 0 Å². The van der Waals surface area contributed by atoms with Crippen LogP contribution in [0.3, 0.4) is 0 Å². The van der Waals surface area contributed by atoms with Crippen molar-refractivity contribution in [2.75, 3.05) is 0 Å². The molecular formula is C8H8Br. The minimum absolute atomic E-state index is 1.05. The van der Waals surface area contributed by atoms with Gasteiger partial charge in [-0.3, -0.25) is 0 Å². The van der Waals surface area contributed by atoms with E-state index in [0.717, 1.165) is 10.0 Å². The van der Waals surface area contributed by atoms with Gasteiger partial charge in [-0.05, 0) is 25.5 Å². The Morgan fingerprint density at radius 1 is 1.44 bits per heavy atom. The van der Waals surface area contributed by atoms with E-state index >= 15 is 0 Å². The quantitative estimate of drug-likeness (QED) is 0.581. The molecule has 0 aliphatic rings. The fraction of sp³-hybridized carbons (Fsp3) is 0.125. The minimum Gasteiger partial charge on any atom is -0.0582 e. The lowest BCUT2D eigenvalue weighted by Gasteiger charge is -1.96. The molecule has 0 N–H and O–H groups in total. The summed E-state index contributed by atoms with van der Waals surface area (Å²) in [5, 5.41) is 0. The van der Waals surface area contributed by atoms with Gasteiger partial charge in [-0.2, -0.15) is 0 Å². The third-order valence-corrected chi connectivity index (χ3v) is 1.97. The van der Waals surface area contributed by atoms with E-state index in [1.54, 1.807) is 0 Å². The number of rotatable bonds is 0. The molecule has 0 aliphatic heterocycles. The van der Waals surface area contributed by atoms with Crippen LogP contribution in [0.5, 0.6) is 0 Å². The summed E-state index contributed by atoms with van der Waals surface area (Å²) in [6.45, 7) is 5.89. The summed E-state index contributed by atoms with van der Waals surface area (Å²) in [4.78, 5) is 0. The molecule has 0 heterocycles. The maximum atomic E-state index is 3.83. The second-order valence-corrected chi connectivity index (χ2v) is 2.95. The summed E-state index contributed by atoms with van der Waals surface area (Å²) >= 11 is 3.37. The van der Waals surface area contributed by atoms with E-state index in [9.17, 15) is 0 Å². The molecule has 0 aliphatic carbocycles. The monoisotopic (exact) mass is 183 g/mol. The molecule has 0 saturated heterocycles. The number of hydrogen-bond donors (Lipinski definition) is 0. The number of aryl methyl sites for hydroxylation is 1. The van der Waals surface area contributed by atoms with E-state index in [4.69, 9.17) is 0 Å². The van der Waals surface area contributed by atoms with Crippen LogP contribution >= 0.6 is 15.9 Å². The normalized spacial score (nSPS) is 9.67. The van der Waals surface area contributed by atoms with Crippen molar-refractivity contribution in [2.45, 2.75) is 6.92 Å². The molecule has 0 fully saturated rings. The zero-order valence-corrected chi connectivity index (χ0v) is 6.90. The zero-order chi connectivity index (χ0) is 6.85. The predicted molar refractivity (Wildman–Crippen MR) is 43.3 cm³/mol. The minimum atomic E-state index is 1.05. The molecule has 0 amide bonds. The van der Waals surface area contributed by atoms with Crippen molar-refractivity contribution < 1.29 is 0 Å². The van der Waals surface area contributed by atoms with Gasteiger partial charge in [0.05, 0.1) is 0 Å². The lowest BCUT2D eigenvalue weighted by molar-refractivity contribution is 1.42. The Kier molecular flexibility index (Phi) is 1.91. The van der Waals surface area contributed by atoms with Crippen LogP contribution in [0.15, 0.2) is 22.7 Å². The first-order valence-electron chi connectivity index (χ1n) is 2.78. The van der Waals surface area contributed by atoms with Gasteiger partial charge < -0.3 is 0 Å². The number of hydrogen-bond acceptors (Lipinski definition) is 0. The largest absolute Gasteiger partial charge is 0.0582 e. The molecule has 1 aromatic carbocycles. The van der Waals surface area contributed by atoms with Crippen LogP contribution in [0, 0.1) is 13.8 Å². The van der Waals surface area contributed by atoms with Crippen molar-refractivity contribution in [1.29, 1.82) is 0 Å². The Morgan fingerprint density at radius 2 is 2.11 bits per heavy atom. The Hall–Kier alpha value is -0.300. The maximum Gasteiger partial charge on any atom is 0.0207 e. The molecule has 47 valence electrons. The van der Waals surface area contributed by atoms with Crippen LogP contribution in [-0.4, -0.2) is 0 Å². The maximum absolute atomic E-state index is 3.83. The fourth-order valence-electron chi connectivity index (χ4n) is 0.704. The molecule has 9 heavy (non-hydrogen) atoms. The lowest BCUT2D eigenvalue weighted by atomic mass is 10.2. The SMILES string of the molecule is [CH2]c1cc(C)ccc1Br. The number of halogens is 1. The first kappa shape index (κ1) is 6.81. The average molecular weight is 184 g/mol. The molecule has 0 atom stereocenters. The first-order chi connectivity index (χ1) is 4.20. The van der Waals surface area contributed by atoms with Gasteiger partial charge in [0.25, 0.3) is 0 Å². The Labute approximate surface area is 64.0 Å². The van der Waals surface area contributed by atoms with Crippen molar-refractivity contribution in [3.8, 4) is 0 Å². The molecule has 0 aromatic heterocycles. The van der Waals surface area contributed by atoms with Crippen molar-refractivity contribution in [2.24, 2.45) is 0 Å². The van der Waals surface area contributed by atoms with Crippen LogP contribution in [0.2, 0.25) is 0 Å². The van der Waals surface area contributed by atoms with Crippen molar-refractivity contribution in [3.63, 3.8) is 0 Å². The van der Waals surface area contributed by atoms with E-state index in [0.29, 0.717) is 0 Å². The average Bonchev–Trinajstić information content (AvgIpc) is 1.80. The lowest BCUT2D eigenvalue weighted by Crippen LogP contribution is -1.76. The van der Waals surface area contributed by atoms with E-state index in [1.807, 2.05) is 12.1 Å². The van der Waals surface area contributed by atoms with E-state index in [2.05, 4.69) is 35.8 Å². The highest BCUT2D eigenvalue weighted by atomic mass is 79.9. The van der Waals surface area contributed by atoms with Gasteiger partial charge >= 0.3 is 0 Å². The molecule has 0 bridgehead atoms. The fourth-order valence-corrected chi connectivity index (χ4v) is 0.950.